The molecule has 84 valence electrons. The maximum Gasteiger partial charge on any atom is 0.231 e. The van der Waals surface area contributed by atoms with Crippen LogP contribution in [-0.2, 0) is 0 Å². The Labute approximate surface area is 96.1 Å². The molecule has 1 heterocycles. The minimum Gasteiger partial charge on any atom is -0.476 e. The minimum atomic E-state index is 0.495. The molecule has 0 spiro atoms. The molecule has 0 radical (unpaired) electrons. The van der Waals surface area contributed by atoms with Crippen molar-refractivity contribution in [3.63, 3.8) is 0 Å². The number of hydrogen-bond donors (Lipinski definition) is 0. The van der Waals surface area contributed by atoms with E-state index in [9.17, 15) is 0 Å². The zero-order valence-electron chi connectivity index (χ0n) is 9.57. The second-order valence-corrected chi connectivity index (χ2v) is 4.38. The molecule has 3 nitrogen and oxygen atoms in total. The number of hydrogen-bond acceptors (Lipinski definition) is 3. The SMILES string of the molecule is Cc1ccc(C#N)c(OCC2CCCC2)n1. The molecule has 1 aliphatic carbocycles. The highest BCUT2D eigenvalue weighted by molar-refractivity contribution is 5.38. The van der Waals surface area contributed by atoms with E-state index < -0.39 is 0 Å². The van der Waals surface area contributed by atoms with Gasteiger partial charge in [-0.2, -0.15) is 5.26 Å². The van der Waals surface area contributed by atoms with E-state index in [2.05, 4.69) is 11.1 Å². The van der Waals surface area contributed by atoms with Gasteiger partial charge in [0.2, 0.25) is 5.88 Å². The molecule has 0 aliphatic heterocycles. The number of nitrogens with zero attached hydrogens (tertiary/aromatic N) is 2. The first-order valence-electron chi connectivity index (χ1n) is 5.80. The number of ether oxygens (including phenoxy) is 1. The van der Waals surface area contributed by atoms with Gasteiger partial charge in [0.05, 0.1) is 6.61 Å². The van der Waals surface area contributed by atoms with Gasteiger partial charge in [0.1, 0.15) is 11.6 Å². The fourth-order valence-corrected chi connectivity index (χ4v) is 2.10. The van der Waals surface area contributed by atoms with Crippen LogP contribution in [-0.4, -0.2) is 11.6 Å². The van der Waals surface area contributed by atoms with E-state index in [1.807, 2.05) is 13.0 Å². The van der Waals surface area contributed by atoms with Crippen molar-refractivity contribution in [1.82, 2.24) is 4.98 Å². The van der Waals surface area contributed by atoms with E-state index in [4.69, 9.17) is 10.00 Å². The average molecular weight is 216 g/mol. The molecule has 0 aromatic carbocycles. The summed E-state index contributed by atoms with van der Waals surface area (Å²) in [6, 6.07) is 5.72. The van der Waals surface area contributed by atoms with Crippen molar-refractivity contribution in [2.45, 2.75) is 32.6 Å². The van der Waals surface area contributed by atoms with Crippen LogP contribution in [0.3, 0.4) is 0 Å². The van der Waals surface area contributed by atoms with Crippen molar-refractivity contribution in [1.29, 1.82) is 5.26 Å². The molecule has 3 heteroatoms. The van der Waals surface area contributed by atoms with E-state index >= 15 is 0 Å². The first kappa shape index (κ1) is 10.9. The van der Waals surface area contributed by atoms with Crippen molar-refractivity contribution >= 4 is 0 Å². The zero-order chi connectivity index (χ0) is 11.4. The second-order valence-electron chi connectivity index (χ2n) is 4.38. The number of aromatic nitrogens is 1. The Morgan fingerprint density at radius 1 is 1.44 bits per heavy atom. The number of aryl methyl sites for hydroxylation is 1. The van der Waals surface area contributed by atoms with E-state index in [0.29, 0.717) is 24.0 Å². The van der Waals surface area contributed by atoms with Crippen LogP contribution >= 0.6 is 0 Å². The highest BCUT2D eigenvalue weighted by atomic mass is 16.5. The lowest BCUT2D eigenvalue weighted by Gasteiger charge is -2.11. The fraction of sp³-hybridized carbons (Fsp3) is 0.538. The first-order valence-corrected chi connectivity index (χ1v) is 5.80. The van der Waals surface area contributed by atoms with Gasteiger partial charge in [-0.05, 0) is 37.8 Å². The molecule has 2 rings (SSSR count). The van der Waals surface area contributed by atoms with Gasteiger partial charge in [0.15, 0.2) is 0 Å². The van der Waals surface area contributed by atoms with Crippen molar-refractivity contribution in [3.05, 3.63) is 23.4 Å². The normalized spacial score (nSPS) is 16.0. The Hall–Kier alpha value is -1.56. The van der Waals surface area contributed by atoms with Gasteiger partial charge >= 0.3 is 0 Å². The predicted molar refractivity (Wildman–Crippen MR) is 61.1 cm³/mol. The molecule has 1 aliphatic rings. The van der Waals surface area contributed by atoms with E-state index in [0.717, 1.165) is 5.69 Å². The molecule has 0 saturated heterocycles. The molecule has 1 fully saturated rings. The van der Waals surface area contributed by atoms with Gasteiger partial charge in [0.25, 0.3) is 0 Å². The van der Waals surface area contributed by atoms with E-state index in [1.165, 1.54) is 25.7 Å². The van der Waals surface area contributed by atoms with Crippen LogP contribution in [0.15, 0.2) is 12.1 Å². The van der Waals surface area contributed by atoms with Crippen LogP contribution in [0.2, 0.25) is 0 Å². The van der Waals surface area contributed by atoms with Crippen LogP contribution in [0.25, 0.3) is 0 Å². The fourth-order valence-electron chi connectivity index (χ4n) is 2.10. The third kappa shape index (κ3) is 2.52. The third-order valence-electron chi connectivity index (χ3n) is 3.05. The van der Waals surface area contributed by atoms with Gasteiger partial charge in [0, 0.05) is 5.69 Å². The highest BCUT2D eigenvalue weighted by Crippen LogP contribution is 2.26. The van der Waals surface area contributed by atoms with Crippen LogP contribution in [0.4, 0.5) is 0 Å². The maximum absolute atomic E-state index is 8.93. The van der Waals surface area contributed by atoms with Gasteiger partial charge in [-0.1, -0.05) is 12.8 Å². The molecule has 0 atom stereocenters. The molecule has 1 aromatic heterocycles. The average Bonchev–Trinajstić information content (AvgIpc) is 2.79. The van der Waals surface area contributed by atoms with Crippen molar-refractivity contribution < 1.29 is 4.74 Å². The topological polar surface area (TPSA) is 45.9 Å². The summed E-state index contributed by atoms with van der Waals surface area (Å²) in [5.41, 5.74) is 1.42. The monoisotopic (exact) mass is 216 g/mol. The molecule has 1 saturated carbocycles. The lowest BCUT2D eigenvalue weighted by atomic mass is 10.1. The summed E-state index contributed by atoms with van der Waals surface area (Å²) in [5, 5.41) is 8.93. The van der Waals surface area contributed by atoms with Gasteiger partial charge in [-0.15, -0.1) is 0 Å². The number of rotatable bonds is 3. The van der Waals surface area contributed by atoms with Crippen molar-refractivity contribution in [2.24, 2.45) is 5.92 Å². The first-order chi connectivity index (χ1) is 7.79. The summed E-state index contributed by atoms with van der Waals surface area (Å²) in [4.78, 5) is 4.26. The van der Waals surface area contributed by atoms with Crippen LogP contribution in [0, 0.1) is 24.2 Å². The smallest absolute Gasteiger partial charge is 0.231 e. The largest absolute Gasteiger partial charge is 0.476 e. The van der Waals surface area contributed by atoms with Gasteiger partial charge in [-0.25, -0.2) is 4.98 Å². The zero-order valence-corrected chi connectivity index (χ0v) is 9.57. The quantitative estimate of drug-likeness (QED) is 0.780. The Kier molecular flexibility index (Phi) is 3.40. The van der Waals surface area contributed by atoms with Crippen molar-refractivity contribution in [3.8, 4) is 11.9 Å². The number of pyridine rings is 1. The number of nitriles is 1. The van der Waals surface area contributed by atoms with Crippen LogP contribution in [0.1, 0.15) is 36.9 Å². The van der Waals surface area contributed by atoms with Gasteiger partial charge in [-0.3, -0.25) is 0 Å². The molecule has 16 heavy (non-hydrogen) atoms. The van der Waals surface area contributed by atoms with Crippen molar-refractivity contribution in [2.75, 3.05) is 6.61 Å². The lowest BCUT2D eigenvalue weighted by molar-refractivity contribution is 0.242. The molecule has 1 aromatic rings. The second kappa shape index (κ2) is 4.98. The maximum atomic E-state index is 8.93. The minimum absolute atomic E-state index is 0.495. The Morgan fingerprint density at radius 2 is 2.19 bits per heavy atom. The summed E-state index contributed by atoms with van der Waals surface area (Å²) in [7, 11) is 0. The van der Waals surface area contributed by atoms with Gasteiger partial charge < -0.3 is 4.74 Å². The standard InChI is InChI=1S/C13H16N2O/c1-10-6-7-12(8-14)13(15-10)16-9-11-4-2-3-5-11/h6-7,11H,2-5,9H2,1H3. The summed E-state index contributed by atoms with van der Waals surface area (Å²) in [6.45, 7) is 2.61. The third-order valence-corrected chi connectivity index (χ3v) is 3.05. The lowest BCUT2D eigenvalue weighted by Crippen LogP contribution is -2.10. The molecule has 0 unspecified atom stereocenters. The molecule has 0 N–H and O–H groups in total. The molecular formula is C13H16N2O. The Morgan fingerprint density at radius 3 is 2.88 bits per heavy atom. The predicted octanol–water partition coefficient (Wildman–Crippen LogP) is 2.83. The summed E-state index contributed by atoms with van der Waals surface area (Å²) in [5.74, 6) is 1.14. The molecule has 0 bridgehead atoms. The summed E-state index contributed by atoms with van der Waals surface area (Å²) in [6.07, 6.45) is 5.10. The summed E-state index contributed by atoms with van der Waals surface area (Å²) >= 11 is 0. The van der Waals surface area contributed by atoms with Crippen LogP contribution in [0.5, 0.6) is 5.88 Å². The molecular weight excluding hydrogens is 200 g/mol. The molecule has 0 amide bonds. The Bertz CT molecular complexity index is 403. The van der Waals surface area contributed by atoms with Crippen LogP contribution < -0.4 is 4.74 Å². The summed E-state index contributed by atoms with van der Waals surface area (Å²) < 4.78 is 5.66. The highest BCUT2D eigenvalue weighted by Gasteiger charge is 2.16. The van der Waals surface area contributed by atoms with E-state index in [-0.39, 0.29) is 0 Å². The van der Waals surface area contributed by atoms with E-state index in [1.54, 1.807) is 6.07 Å². The Balaban J connectivity index is 2.02.